The molecule has 1 aliphatic heterocycles. The lowest BCUT2D eigenvalue weighted by Crippen LogP contribution is -2.41. The lowest BCUT2D eigenvalue weighted by atomic mass is 9.75. The van der Waals surface area contributed by atoms with Crippen LogP contribution in [0.3, 0.4) is 0 Å². The lowest BCUT2D eigenvalue weighted by molar-refractivity contribution is 0.00578. The summed E-state index contributed by atoms with van der Waals surface area (Å²) in [4.78, 5) is 0. The highest BCUT2D eigenvalue weighted by molar-refractivity contribution is 6.66. The van der Waals surface area contributed by atoms with Crippen LogP contribution in [0.15, 0.2) is 114 Å². The highest BCUT2D eigenvalue weighted by Crippen LogP contribution is 2.41. The molecular weight excluding hydrogens is 505 g/mol. The fourth-order valence-corrected chi connectivity index (χ4v) is 6.24. The van der Waals surface area contributed by atoms with Crippen LogP contribution in [0.4, 0.5) is 0 Å². The summed E-state index contributed by atoms with van der Waals surface area (Å²) in [5.74, 6) is 0. The third-order valence-corrected chi connectivity index (χ3v) is 9.06. The van der Waals surface area contributed by atoms with Gasteiger partial charge in [-0.2, -0.15) is 0 Å². The van der Waals surface area contributed by atoms with Gasteiger partial charge in [0, 0.05) is 32.8 Å². The minimum atomic E-state index is -0.483. The molecule has 0 unspecified atom stereocenters. The molecule has 0 amide bonds. The van der Waals surface area contributed by atoms with Crippen molar-refractivity contribution in [1.82, 2.24) is 4.57 Å². The predicted molar refractivity (Wildman–Crippen MR) is 169 cm³/mol. The van der Waals surface area contributed by atoms with Gasteiger partial charge in [0.25, 0.3) is 0 Å². The van der Waals surface area contributed by atoms with Crippen LogP contribution in [0.5, 0.6) is 0 Å². The van der Waals surface area contributed by atoms with E-state index in [9.17, 15) is 0 Å². The first-order valence-electron chi connectivity index (χ1n) is 14.2. The molecule has 41 heavy (non-hydrogen) atoms. The fourth-order valence-electron chi connectivity index (χ4n) is 6.24. The topological polar surface area (TPSA) is 36.5 Å². The smallest absolute Gasteiger partial charge is 0.455 e. The average molecular weight is 535 g/mol. The van der Waals surface area contributed by atoms with Crippen molar-refractivity contribution in [2.75, 3.05) is 0 Å². The maximum absolute atomic E-state index is 6.60. The van der Waals surface area contributed by atoms with Crippen LogP contribution >= 0.6 is 0 Å². The summed E-state index contributed by atoms with van der Waals surface area (Å²) in [6.45, 7) is 8.36. The first kappa shape index (κ1) is 24.5. The molecule has 5 heteroatoms. The molecule has 1 aliphatic rings. The summed E-state index contributed by atoms with van der Waals surface area (Å²) in [5, 5.41) is 4.54. The first-order valence-corrected chi connectivity index (χ1v) is 14.2. The molecule has 8 rings (SSSR count). The standard InChI is InChI=1S/C36H30BNO3/c1-35(2)36(3,4)41-37(40-35)29-20-19-25(34-33(29)27-15-9-11-17-32(27)39-34)23-18-21-31-28(22-23)26-14-8-10-16-30(26)38(31)24-12-6-5-7-13-24/h5-22H,1-4H3. The van der Waals surface area contributed by atoms with E-state index in [2.05, 4.69) is 129 Å². The van der Waals surface area contributed by atoms with Gasteiger partial charge >= 0.3 is 7.12 Å². The second kappa shape index (κ2) is 8.59. The molecule has 4 nitrogen and oxygen atoms in total. The average Bonchev–Trinajstić information content (AvgIpc) is 3.59. The molecule has 7 aromatic rings. The van der Waals surface area contributed by atoms with E-state index in [-0.39, 0.29) is 0 Å². The van der Waals surface area contributed by atoms with E-state index in [1.54, 1.807) is 0 Å². The Hall–Kier alpha value is -4.32. The molecule has 2 aromatic heterocycles. The molecular formula is C36H30BNO3. The van der Waals surface area contributed by atoms with Crippen LogP contribution in [-0.4, -0.2) is 22.9 Å². The molecule has 1 saturated heterocycles. The Morgan fingerprint density at radius 1 is 0.610 bits per heavy atom. The Morgan fingerprint density at radius 2 is 1.27 bits per heavy atom. The molecule has 0 spiro atoms. The van der Waals surface area contributed by atoms with Crippen molar-refractivity contribution in [2.45, 2.75) is 38.9 Å². The fraction of sp³-hybridized carbons (Fsp3) is 0.167. The molecule has 0 saturated carbocycles. The van der Waals surface area contributed by atoms with Gasteiger partial charge in [0.1, 0.15) is 11.2 Å². The zero-order chi connectivity index (χ0) is 27.9. The Morgan fingerprint density at radius 3 is 2.05 bits per heavy atom. The van der Waals surface area contributed by atoms with Crippen LogP contribution in [0, 0.1) is 0 Å². The van der Waals surface area contributed by atoms with Gasteiger partial charge in [0.05, 0.1) is 22.2 Å². The molecule has 0 atom stereocenters. The van der Waals surface area contributed by atoms with E-state index in [1.165, 1.54) is 21.8 Å². The number of rotatable bonds is 3. The quantitative estimate of drug-likeness (QED) is 0.213. The Labute approximate surface area is 239 Å². The molecule has 0 bridgehead atoms. The lowest BCUT2D eigenvalue weighted by Gasteiger charge is -2.32. The Balaban J connectivity index is 1.37. The van der Waals surface area contributed by atoms with Crippen LogP contribution in [0.25, 0.3) is 60.6 Å². The summed E-state index contributed by atoms with van der Waals surface area (Å²) in [6, 6.07) is 38.4. The van der Waals surface area contributed by atoms with Gasteiger partial charge in [-0.05, 0) is 75.1 Å². The second-order valence-corrected chi connectivity index (χ2v) is 12.0. The van der Waals surface area contributed by atoms with Crippen LogP contribution in [0.1, 0.15) is 27.7 Å². The van der Waals surface area contributed by atoms with Crippen LogP contribution in [0.2, 0.25) is 0 Å². The summed E-state index contributed by atoms with van der Waals surface area (Å²) >= 11 is 0. The van der Waals surface area contributed by atoms with E-state index in [4.69, 9.17) is 13.7 Å². The number of hydrogen-bond acceptors (Lipinski definition) is 3. The molecule has 0 N–H and O–H groups in total. The summed E-state index contributed by atoms with van der Waals surface area (Å²) in [6.07, 6.45) is 0. The largest absolute Gasteiger partial charge is 0.495 e. The second-order valence-electron chi connectivity index (χ2n) is 12.0. The summed E-state index contributed by atoms with van der Waals surface area (Å²) < 4.78 is 22.0. The van der Waals surface area contributed by atoms with Crippen molar-refractivity contribution >= 4 is 56.3 Å². The number of furan rings is 1. The maximum atomic E-state index is 6.60. The van der Waals surface area contributed by atoms with Gasteiger partial charge in [-0.1, -0.05) is 72.8 Å². The Kier molecular flexibility index (Phi) is 5.13. The number of aromatic nitrogens is 1. The number of nitrogens with zero attached hydrogens (tertiary/aromatic N) is 1. The van der Waals surface area contributed by atoms with Gasteiger partial charge in [-0.15, -0.1) is 0 Å². The highest BCUT2D eigenvalue weighted by Gasteiger charge is 2.52. The molecule has 5 aromatic carbocycles. The maximum Gasteiger partial charge on any atom is 0.495 e. The van der Waals surface area contributed by atoms with Gasteiger partial charge in [-0.3, -0.25) is 0 Å². The van der Waals surface area contributed by atoms with Crippen molar-refractivity contribution in [2.24, 2.45) is 0 Å². The molecule has 0 radical (unpaired) electrons. The minimum Gasteiger partial charge on any atom is -0.455 e. The number of fused-ring (bicyclic) bond motifs is 6. The third kappa shape index (κ3) is 3.56. The highest BCUT2D eigenvalue weighted by atomic mass is 16.7. The number of hydrogen-bond donors (Lipinski definition) is 0. The Bertz CT molecular complexity index is 2100. The van der Waals surface area contributed by atoms with E-state index in [1.807, 2.05) is 12.1 Å². The van der Waals surface area contributed by atoms with E-state index in [0.717, 1.165) is 44.2 Å². The van der Waals surface area contributed by atoms with Crippen LogP contribution < -0.4 is 5.46 Å². The monoisotopic (exact) mass is 535 g/mol. The van der Waals surface area contributed by atoms with E-state index < -0.39 is 18.3 Å². The van der Waals surface area contributed by atoms with Crippen molar-refractivity contribution in [3.05, 3.63) is 109 Å². The van der Waals surface area contributed by atoms with E-state index in [0.29, 0.717) is 0 Å². The zero-order valence-electron chi connectivity index (χ0n) is 23.6. The van der Waals surface area contributed by atoms with Crippen molar-refractivity contribution in [3.63, 3.8) is 0 Å². The number of benzene rings is 5. The number of para-hydroxylation sites is 3. The van der Waals surface area contributed by atoms with Gasteiger partial charge in [0.2, 0.25) is 0 Å². The minimum absolute atomic E-state index is 0.430. The van der Waals surface area contributed by atoms with Crippen molar-refractivity contribution in [1.29, 1.82) is 0 Å². The third-order valence-electron chi connectivity index (χ3n) is 9.06. The molecule has 1 fully saturated rings. The SMILES string of the molecule is CC1(C)OB(c2ccc(-c3ccc4c(c3)c3ccccc3n4-c3ccccc3)c3oc4ccccc4c23)OC1(C)C. The summed E-state index contributed by atoms with van der Waals surface area (Å²) in [5.41, 5.74) is 7.52. The molecule has 0 aliphatic carbocycles. The first-order chi connectivity index (χ1) is 19.8. The summed E-state index contributed by atoms with van der Waals surface area (Å²) in [7, 11) is -0.483. The molecule has 200 valence electrons. The van der Waals surface area contributed by atoms with Gasteiger partial charge in [-0.25, -0.2) is 0 Å². The predicted octanol–water partition coefficient (Wildman–Crippen LogP) is 8.65. The van der Waals surface area contributed by atoms with E-state index >= 15 is 0 Å². The van der Waals surface area contributed by atoms with Gasteiger partial charge in [0.15, 0.2) is 0 Å². The van der Waals surface area contributed by atoms with Gasteiger partial charge < -0.3 is 18.3 Å². The van der Waals surface area contributed by atoms with Crippen molar-refractivity contribution in [3.8, 4) is 16.8 Å². The zero-order valence-corrected chi connectivity index (χ0v) is 23.6. The van der Waals surface area contributed by atoms with Crippen molar-refractivity contribution < 1.29 is 13.7 Å². The normalized spacial score (nSPS) is 16.4. The van der Waals surface area contributed by atoms with Crippen LogP contribution in [-0.2, 0) is 9.31 Å². The molecule has 3 heterocycles.